The van der Waals surface area contributed by atoms with Gasteiger partial charge in [-0.3, -0.25) is 0 Å². The first-order chi connectivity index (χ1) is 13.7. The molecular weight excluding hydrogens is 348 g/mol. The first-order valence-electron chi connectivity index (χ1n) is 11.6. The zero-order valence-corrected chi connectivity index (χ0v) is 18.0. The van der Waals surface area contributed by atoms with Crippen LogP contribution in [0, 0.1) is 0 Å². The van der Waals surface area contributed by atoms with Crippen LogP contribution in [0.1, 0.15) is 109 Å². The Kier molecular flexibility index (Phi) is 15.6. The molecule has 0 radical (unpaired) electrons. The smallest absolute Gasteiger partial charge is 0.332 e. The van der Waals surface area contributed by atoms with Crippen LogP contribution in [0.4, 0.5) is 0 Å². The highest BCUT2D eigenvalue weighted by Gasteiger charge is 2.17. The molecule has 0 aliphatic rings. The Bertz CT molecular complexity index is 472. The Hall–Kier alpha value is -1.35. The number of aliphatic carboxylic acids is 1. The van der Waals surface area contributed by atoms with E-state index in [9.17, 15) is 9.90 Å². The van der Waals surface area contributed by atoms with Crippen molar-refractivity contribution in [2.75, 3.05) is 0 Å². The van der Waals surface area contributed by atoms with E-state index in [1.165, 1.54) is 77.0 Å². The van der Waals surface area contributed by atoms with Crippen LogP contribution in [0.3, 0.4) is 0 Å². The number of carbonyl (C=O) groups is 1. The molecule has 0 aromatic heterocycles. The van der Waals surface area contributed by atoms with E-state index in [0.29, 0.717) is 13.0 Å². The number of rotatable bonds is 19. The summed E-state index contributed by atoms with van der Waals surface area (Å²) in [6.07, 6.45) is 18.3. The van der Waals surface area contributed by atoms with Gasteiger partial charge in [0.2, 0.25) is 0 Å². The summed E-state index contributed by atoms with van der Waals surface area (Å²) < 4.78 is 5.60. The number of ether oxygens (including phenoxy) is 1. The zero-order chi connectivity index (χ0) is 20.3. The van der Waals surface area contributed by atoms with E-state index in [4.69, 9.17) is 4.74 Å². The van der Waals surface area contributed by atoms with Gasteiger partial charge in [-0.15, -0.1) is 0 Å². The largest absolute Gasteiger partial charge is 0.479 e. The summed E-state index contributed by atoms with van der Waals surface area (Å²) in [7, 11) is 0. The number of carboxylic acids is 1. The molecule has 0 heterocycles. The molecule has 0 fully saturated rings. The minimum Gasteiger partial charge on any atom is -0.479 e. The van der Waals surface area contributed by atoms with Gasteiger partial charge in [0.05, 0.1) is 6.61 Å². The first kappa shape index (κ1) is 24.7. The van der Waals surface area contributed by atoms with Gasteiger partial charge in [0.25, 0.3) is 0 Å². The third-order valence-corrected chi connectivity index (χ3v) is 5.39. The molecule has 160 valence electrons. The summed E-state index contributed by atoms with van der Waals surface area (Å²) in [6, 6.07) is 9.77. The van der Waals surface area contributed by atoms with Crippen molar-refractivity contribution in [3.05, 3.63) is 35.9 Å². The lowest BCUT2D eigenvalue weighted by Gasteiger charge is -2.13. The molecule has 3 nitrogen and oxygen atoms in total. The molecule has 0 saturated carbocycles. The fourth-order valence-electron chi connectivity index (χ4n) is 3.57. The lowest BCUT2D eigenvalue weighted by atomic mass is 10.0. The fourth-order valence-corrected chi connectivity index (χ4v) is 3.57. The molecular formula is C25H42O3. The van der Waals surface area contributed by atoms with Crippen molar-refractivity contribution in [1.82, 2.24) is 0 Å². The SMILES string of the molecule is CCCCCCCCCCCCCCCCC(OCc1ccccc1)C(=O)O. The van der Waals surface area contributed by atoms with Crippen molar-refractivity contribution in [3.63, 3.8) is 0 Å². The van der Waals surface area contributed by atoms with Gasteiger partial charge in [0.15, 0.2) is 6.10 Å². The molecule has 0 aliphatic carbocycles. The number of unbranched alkanes of at least 4 members (excludes halogenated alkanes) is 13. The minimum absolute atomic E-state index is 0.371. The van der Waals surface area contributed by atoms with Crippen LogP contribution in [0.5, 0.6) is 0 Å². The van der Waals surface area contributed by atoms with Crippen LogP contribution >= 0.6 is 0 Å². The Morgan fingerprint density at radius 2 is 1.25 bits per heavy atom. The summed E-state index contributed by atoms with van der Waals surface area (Å²) in [5.74, 6) is -0.842. The second kappa shape index (κ2) is 17.7. The summed E-state index contributed by atoms with van der Waals surface area (Å²) in [5, 5.41) is 9.33. The van der Waals surface area contributed by atoms with Crippen molar-refractivity contribution >= 4 is 5.97 Å². The highest BCUT2D eigenvalue weighted by atomic mass is 16.5. The predicted octanol–water partition coefficient (Wildman–Crippen LogP) is 7.53. The highest BCUT2D eigenvalue weighted by molar-refractivity contribution is 5.72. The van der Waals surface area contributed by atoms with Crippen molar-refractivity contribution in [1.29, 1.82) is 0 Å². The van der Waals surface area contributed by atoms with Gasteiger partial charge < -0.3 is 9.84 Å². The van der Waals surface area contributed by atoms with Crippen LogP contribution in [-0.4, -0.2) is 17.2 Å². The van der Waals surface area contributed by atoms with Gasteiger partial charge in [0.1, 0.15) is 0 Å². The Balaban J connectivity index is 1.92. The lowest BCUT2D eigenvalue weighted by Crippen LogP contribution is -2.23. The lowest BCUT2D eigenvalue weighted by molar-refractivity contribution is -0.151. The monoisotopic (exact) mass is 390 g/mol. The van der Waals surface area contributed by atoms with E-state index in [-0.39, 0.29) is 0 Å². The summed E-state index contributed by atoms with van der Waals surface area (Å²) in [5.41, 5.74) is 1.02. The summed E-state index contributed by atoms with van der Waals surface area (Å²) in [6.45, 7) is 2.64. The van der Waals surface area contributed by atoms with E-state index < -0.39 is 12.1 Å². The molecule has 1 aromatic carbocycles. The molecule has 0 amide bonds. The van der Waals surface area contributed by atoms with Crippen LogP contribution in [0.2, 0.25) is 0 Å². The molecule has 0 bridgehead atoms. The molecule has 1 aromatic rings. The van der Waals surface area contributed by atoms with E-state index in [2.05, 4.69) is 6.92 Å². The maximum absolute atomic E-state index is 11.4. The molecule has 1 atom stereocenters. The first-order valence-corrected chi connectivity index (χ1v) is 11.6. The summed E-state index contributed by atoms with van der Waals surface area (Å²) in [4.78, 5) is 11.4. The van der Waals surface area contributed by atoms with Crippen LogP contribution in [0.25, 0.3) is 0 Å². The fraction of sp³-hybridized carbons (Fsp3) is 0.720. The second-order valence-corrected chi connectivity index (χ2v) is 8.01. The van der Waals surface area contributed by atoms with Crippen LogP contribution in [0.15, 0.2) is 30.3 Å². The molecule has 1 N–H and O–H groups in total. The zero-order valence-electron chi connectivity index (χ0n) is 18.0. The van der Waals surface area contributed by atoms with Gasteiger partial charge in [-0.05, 0) is 12.0 Å². The van der Waals surface area contributed by atoms with Gasteiger partial charge in [-0.25, -0.2) is 4.79 Å². The maximum atomic E-state index is 11.4. The topological polar surface area (TPSA) is 46.5 Å². The van der Waals surface area contributed by atoms with Crippen molar-refractivity contribution < 1.29 is 14.6 Å². The Morgan fingerprint density at radius 3 is 1.71 bits per heavy atom. The summed E-state index contributed by atoms with van der Waals surface area (Å²) >= 11 is 0. The van der Waals surface area contributed by atoms with E-state index in [1.54, 1.807) is 0 Å². The molecule has 1 rings (SSSR count). The Morgan fingerprint density at radius 1 is 0.786 bits per heavy atom. The molecule has 0 aliphatic heterocycles. The average molecular weight is 391 g/mol. The van der Waals surface area contributed by atoms with Gasteiger partial charge in [-0.2, -0.15) is 0 Å². The second-order valence-electron chi connectivity index (χ2n) is 8.01. The van der Waals surface area contributed by atoms with Gasteiger partial charge in [-0.1, -0.05) is 127 Å². The quantitative estimate of drug-likeness (QED) is 0.248. The normalized spacial score (nSPS) is 12.2. The number of carboxylic acid groups (broad SMARTS) is 1. The third-order valence-electron chi connectivity index (χ3n) is 5.39. The van der Waals surface area contributed by atoms with Crippen molar-refractivity contribution in [3.8, 4) is 0 Å². The maximum Gasteiger partial charge on any atom is 0.332 e. The van der Waals surface area contributed by atoms with Crippen LogP contribution < -0.4 is 0 Å². The number of hydrogen-bond donors (Lipinski definition) is 1. The minimum atomic E-state index is -0.842. The molecule has 28 heavy (non-hydrogen) atoms. The Labute approximate surface area is 172 Å². The van der Waals surface area contributed by atoms with Crippen molar-refractivity contribution in [2.24, 2.45) is 0 Å². The predicted molar refractivity (Wildman–Crippen MR) is 118 cm³/mol. The average Bonchev–Trinajstić information content (AvgIpc) is 2.71. The van der Waals surface area contributed by atoms with Gasteiger partial charge in [0, 0.05) is 0 Å². The van der Waals surface area contributed by atoms with Crippen LogP contribution in [-0.2, 0) is 16.1 Å². The van der Waals surface area contributed by atoms with Gasteiger partial charge >= 0.3 is 5.97 Å². The van der Waals surface area contributed by atoms with Crippen molar-refractivity contribution in [2.45, 2.75) is 116 Å². The molecule has 0 saturated heterocycles. The molecule has 3 heteroatoms. The molecule has 1 unspecified atom stereocenters. The standard InChI is InChI=1S/C25H42O3/c1-2-3-4-5-6-7-8-9-10-11-12-13-14-18-21-24(25(26)27)28-22-23-19-16-15-17-20-23/h15-17,19-20,24H,2-14,18,21-22H2,1H3,(H,26,27). The van der Waals surface area contributed by atoms with E-state index in [0.717, 1.165) is 18.4 Å². The highest BCUT2D eigenvalue weighted by Crippen LogP contribution is 2.15. The van der Waals surface area contributed by atoms with E-state index >= 15 is 0 Å². The third kappa shape index (κ3) is 13.8. The van der Waals surface area contributed by atoms with E-state index in [1.807, 2.05) is 30.3 Å². The number of hydrogen-bond acceptors (Lipinski definition) is 2. The number of benzene rings is 1. The molecule has 0 spiro atoms.